The van der Waals surface area contributed by atoms with Gasteiger partial charge in [0.2, 0.25) is 0 Å². The lowest BCUT2D eigenvalue weighted by Crippen LogP contribution is -2.41. The third-order valence-corrected chi connectivity index (χ3v) is 16.5. The van der Waals surface area contributed by atoms with Crippen LogP contribution < -0.4 is 5.46 Å². The van der Waals surface area contributed by atoms with Crippen LogP contribution in [0.25, 0.3) is 22.3 Å². The van der Waals surface area contributed by atoms with Gasteiger partial charge in [-0.15, -0.1) is 0 Å². The number of rotatable bonds is 8. The quantitative estimate of drug-likeness (QED) is 0.133. The number of benzene rings is 4. The van der Waals surface area contributed by atoms with Crippen molar-refractivity contribution in [3.8, 4) is 22.3 Å². The highest BCUT2D eigenvalue weighted by Gasteiger charge is 2.52. The summed E-state index contributed by atoms with van der Waals surface area (Å²) in [5.41, 5.74) is 12.9. The van der Waals surface area contributed by atoms with E-state index in [-0.39, 0.29) is 29.2 Å². The Balaban J connectivity index is 0.868. The second kappa shape index (κ2) is 13.9. The molecule has 2 nitrogen and oxygen atoms in total. The zero-order valence-corrected chi connectivity index (χ0v) is 34.6. The van der Waals surface area contributed by atoms with Gasteiger partial charge in [-0.25, -0.2) is 0 Å². The summed E-state index contributed by atoms with van der Waals surface area (Å²) in [6.07, 6.45) is 19.6. The summed E-state index contributed by atoms with van der Waals surface area (Å²) in [5.74, 6) is 1.68. The molecule has 4 aromatic carbocycles. The molecule has 4 saturated carbocycles. The molecule has 3 unspecified atom stereocenters. The van der Waals surface area contributed by atoms with Crippen molar-refractivity contribution in [2.45, 2.75) is 152 Å². The zero-order valence-electron chi connectivity index (χ0n) is 34.6. The van der Waals surface area contributed by atoms with Gasteiger partial charge in [-0.1, -0.05) is 123 Å². The molecule has 4 aromatic rings. The molecule has 0 radical (unpaired) electrons. The summed E-state index contributed by atoms with van der Waals surface area (Å²) in [7, 11) is -0.306. The lowest BCUT2D eigenvalue weighted by molar-refractivity contribution is 0.00578. The van der Waals surface area contributed by atoms with Crippen molar-refractivity contribution in [3.05, 3.63) is 125 Å². The van der Waals surface area contributed by atoms with Gasteiger partial charge < -0.3 is 9.31 Å². The minimum atomic E-state index is -0.323. The van der Waals surface area contributed by atoms with Gasteiger partial charge >= 0.3 is 7.12 Å². The van der Waals surface area contributed by atoms with E-state index >= 15 is 0 Å². The first-order valence-corrected chi connectivity index (χ1v) is 21.9. The van der Waals surface area contributed by atoms with Crippen LogP contribution in [-0.4, -0.2) is 18.3 Å². The van der Waals surface area contributed by atoms with Gasteiger partial charge in [0.15, 0.2) is 0 Å². The smallest absolute Gasteiger partial charge is 0.399 e. The lowest BCUT2D eigenvalue weighted by atomic mass is 9.56. The normalized spacial score (nSPS) is 30.9. The third-order valence-electron chi connectivity index (χ3n) is 16.5. The monoisotopic (exact) mass is 730 g/mol. The average molecular weight is 731 g/mol. The summed E-state index contributed by atoms with van der Waals surface area (Å²) in [6, 6.07) is 37.8. The van der Waals surface area contributed by atoms with Crippen LogP contribution in [0.1, 0.15) is 142 Å². The van der Waals surface area contributed by atoms with Crippen molar-refractivity contribution in [1.82, 2.24) is 0 Å². The molecule has 0 aromatic heterocycles. The minimum absolute atomic E-state index is 0.206. The van der Waals surface area contributed by atoms with Crippen LogP contribution in [0.5, 0.6) is 0 Å². The fourth-order valence-corrected chi connectivity index (χ4v) is 11.6. The number of allylic oxidation sites excluding steroid dienone is 2. The Morgan fingerprint density at radius 2 is 1.00 bits per heavy atom. The molecule has 3 heteroatoms. The van der Waals surface area contributed by atoms with Gasteiger partial charge in [-0.05, 0) is 184 Å². The molecule has 0 amide bonds. The van der Waals surface area contributed by atoms with E-state index in [2.05, 4.69) is 145 Å². The first-order chi connectivity index (χ1) is 26.5. The van der Waals surface area contributed by atoms with Crippen LogP contribution in [0.4, 0.5) is 0 Å². The van der Waals surface area contributed by atoms with Crippen molar-refractivity contribution in [2.75, 3.05) is 0 Å². The number of hydrogen-bond donors (Lipinski definition) is 0. The van der Waals surface area contributed by atoms with E-state index < -0.39 is 0 Å². The lowest BCUT2D eigenvalue weighted by Gasteiger charge is -2.48. The standard InChI is InChI=1S/C52H63BO2/c1-7-50(33-28-43-36-51(8-2,34-29-42(43)35-50)45-21-23-47(24-22-45)53-54-48(3,4)49(5,6)55-53)44-17-13-40(14-18-44)38-9-11-39(12-10-38)41-15-19-46(20-16-41)52-30-25-37(26-31-52)27-32-52/h9-24,28,37,42H,7-8,25-27,29-36H2,1-6H3. The summed E-state index contributed by atoms with van der Waals surface area (Å²) in [6.45, 7) is 13.3. The first-order valence-electron chi connectivity index (χ1n) is 21.9. The second-order valence-corrected chi connectivity index (χ2v) is 19.6. The fraction of sp³-hybridized carbons (Fsp3) is 0.500. The van der Waals surface area contributed by atoms with E-state index in [4.69, 9.17) is 9.31 Å². The van der Waals surface area contributed by atoms with Crippen molar-refractivity contribution < 1.29 is 9.31 Å². The molecule has 286 valence electrons. The van der Waals surface area contributed by atoms with Crippen LogP contribution in [0.15, 0.2) is 109 Å². The summed E-state index contributed by atoms with van der Waals surface area (Å²) >= 11 is 0. The van der Waals surface area contributed by atoms with E-state index in [1.54, 1.807) is 11.1 Å². The van der Waals surface area contributed by atoms with Crippen molar-refractivity contribution in [2.24, 2.45) is 11.8 Å². The average Bonchev–Trinajstić information content (AvgIpc) is 3.46. The molecule has 1 saturated heterocycles. The van der Waals surface area contributed by atoms with Crippen LogP contribution in [0.3, 0.4) is 0 Å². The molecule has 0 N–H and O–H groups in total. The van der Waals surface area contributed by atoms with Gasteiger partial charge in [0.25, 0.3) is 0 Å². The van der Waals surface area contributed by atoms with Gasteiger partial charge in [0, 0.05) is 0 Å². The number of hydrogen-bond acceptors (Lipinski definition) is 2. The topological polar surface area (TPSA) is 18.5 Å². The Bertz CT molecular complexity index is 1980. The molecule has 10 rings (SSSR count). The Morgan fingerprint density at radius 3 is 1.51 bits per heavy atom. The molecule has 5 fully saturated rings. The van der Waals surface area contributed by atoms with Gasteiger partial charge in [-0.3, -0.25) is 0 Å². The highest BCUT2D eigenvalue weighted by atomic mass is 16.7. The third kappa shape index (κ3) is 6.50. The van der Waals surface area contributed by atoms with Crippen molar-refractivity contribution >= 4 is 12.6 Å². The molecular formula is C52H63BO2. The molecule has 1 heterocycles. The SMILES string of the molecule is CCC1(c2ccc(B3OC(C)(C)C(C)(C)O3)cc2)CCC2CC(CC)(c3ccc(-c4ccc(-c5ccc(C67CCC(CC6)CC7)cc5)cc4)cc3)CC=C2C1. The molecule has 5 aliphatic carbocycles. The maximum atomic E-state index is 6.37. The van der Waals surface area contributed by atoms with Crippen LogP contribution in [-0.2, 0) is 25.6 Å². The van der Waals surface area contributed by atoms with Gasteiger partial charge in [0.1, 0.15) is 0 Å². The van der Waals surface area contributed by atoms with Crippen molar-refractivity contribution in [1.29, 1.82) is 0 Å². The van der Waals surface area contributed by atoms with E-state index in [0.29, 0.717) is 11.3 Å². The summed E-state index contributed by atoms with van der Waals surface area (Å²) in [5, 5.41) is 0. The predicted octanol–water partition coefficient (Wildman–Crippen LogP) is 13.1. The fourth-order valence-electron chi connectivity index (χ4n) is 11.6. The molecule has 6 aliphatic rings. The summed E-state index contributed by atoms with van der Waals surface area (Å²) < 4.78 is 12.7. The summed E-state index contributed by atoms with van der Waals surface area (Å²) in [4.78, 5) is 0. The minimum Gasteiger partial charge on any atom is -0.399 e. The van der Waals surface area contributed by atoms with E-state index in [0.717, 1.165) is 17.8 Å². The highest BCUT2D eigenvalue weighted by Crippen LogP contribution is 2.54. The van der Waals surface area contributed by atoms with Crippen LogP contribution >= 0.6 is 0 Å². The molecule has 2 bridgehead atoms. The molecule has 0 spiro atoms. The first kappa shape index (κ1) is 37.2. The number of fused-ring (bicyclic) bond motifs is 4. The largest absolute Gasteiger partial charge is 0.494 e. The second-order valence-electron chi connectivity index (χ2n) is 19.6. The maximum Gasteiger partial charge on any atom is 0.494 e. The molecule has 3 atom stereocenters. The van der Waals surface area contributed by atoms with E-state index in [1.165, 1.54) is 110 Å². The van der Waals surface area contributed by atoms with Crippen LogP contribution in [0, 0.1) is 11.8 Å². The van der Waals surface area contributed by atoms with E-state index in [9.17, 15) is 0 Å². The maximum absolute atomic E-state index is 6.37. The Kier molecular flexibility index (Phi) is 9.41. The predicted molar refractivity (Wildman–Crippen MR) is 231 cm³/mol. The van der Waals surface area contributed by atoms with E-state index in [1.807, 2.05) is 0 Å². The highest BCUT2D eigenvalue weighted by molar-refractivity contribution is 6.62. The Morgan fingerprint density at radius 1 is 0.545 bits per heavy atom. The Hall–Kier alpha value is -3.40. The van der Waals surface area contributed by atoms with Gasteiger partial charge in [0.05, 0.1) is 11.2 Å². The van der Waals surface area contributed by atoms with Gasteiger partial charge in [-0.2, -0.15) is 0 Å². The molecule has 55 heavy (non-hydrogen) atoms. The zero-order chi connectivity index (χ0) is 38.1. The molecular weight excluding hydrogens is 667 g/mol. The van der Waals surface area contributed by atoms with Crippen LogP contribution in [0.2, 0.25) is 0 Å². The molecule has 1 aliphatic heterocycles. The Labute approximate surface area is 332 Å². The van der Waals surface area contributed by atoms with Crippen molar-refractivity contribution in [3.63, 3.8) is 0 Å².